The predicted octanol–water partition coefficient (Wildman–Crippen LogP) is 6.46. The number of nitrogens with one attached hydrogen (secondary N) is 3. The molecule has 0 amide bonds. The Labute approximate surface area is 236 Å². The smallest absolute Gasteiger partial charge is 0.116 e. The molecule has 3 N–H and O–H groups in total. The van der Waals surface area contributed by atoms with Gasteiger partial charge in [0.05, 0.1) is 35.0 Å². The zero-order valence-corrected chi connectivity index (χ0v) is 24.3. The van der Waals surface area contributed by atoms with Crippen LogP contribution in [0.25, 0.3) is 39.2 Å². The summed E-state index contributed by atoms with van der Waals surface area (Å²) < 4.78 is 0. The first-order valence-electron chi connectivity index (χ1n) is 14.0. The van der Waals surface area contributed by atoms with Gasteiger partial charge < -0.3 is 20.1 Å². The van der Waals surface area contributed by atoms with Gasteiger partial charge in [0.15, 0.2) is 0 Å². The Morgan fingerprint density at radius 1 is 1.12 bits per heavy atom. The molecule has 1 fully saturated rings. The summed E-state index contributed by atoms with van der Waals surface area (Å²) in [6, 6.07) is 6.38. The van der Waals surface area contributed by atoms with Gasteiger partial charge in [-0.25, -0.2) is 0 Å². The number of allylic oxidation sites excluding steroid dienone is 4. The number of aryl methyl sites for hydroxylation is 1. The Morgan fingerprint density at radius 3 is 2.67 bits per heavy atom. The lowest BCUT2D eigenvalue weighted by Gasteiger charge is -2.35. The van der Waals surface area contributed by atoms with E-state index in [1.54, 1.807) is 0 Å². The number of aromatic amines is 2. The number of nitrogens with zero attached hydrogens (tertiary/aromatic N) is 5. The molecule has 0 atom stereocenters. The molecule has 40 heavy (non-hydrogen) atoms. The van der Waals surface area contributed by atoms with E-state index in [-0.39, 0.29) is 0 Å². The molecule has 4 aromatic heterocycles. The number of pyridine rings is 2. The zero-order valence-electron chi connectivity index (χ0n) is 24.3. The second-order valence-electron chi connectivity index (χ2n) is 11.1. The highest BCUT2D eigenvalue weighted by molar-refractivity contribution is 5.94. The molecule has 5 heterocycles. The molecule has 0 aliphatic carbocycles. The Bertz CT molecular complexity index is 1550. The fourth-order valence-electron chi connectivity index (χ4n) is 5.23. The first-order valence-corrected chi connectivity index (χ1v) is 14.0. The lowest BCUT2D eigenvalue weighted by atomic mass is 10.1. The molecule has 1 aliphatic heterocycles. The van der Waals surface area contributed by atoms with Crippen LogP contribution in [-0.4, -0.2) is 68.2 Å². The van der Waals surface area contributed by atoms with E-state index in [0.29, 0.717) is 5.92 Å². The van der Waals surface area contributed by atoms with Crippen LogP contribution >= 0.6 is 0 Å². The lowest BCUT2D eigenvalue weighted by molar-refractivity contribution is 0.207. The van der Waals surface area contributed by atoms with E-state index < -0.39 is 0 Å². The highest BCUT2D eigenvalue weighted by Gasteiger charge is 2.21. The minimum Gasteiger partial charge on any atom is -0.368 e. The van der Waals surface area contributed by atoms with Gasteiger partial charge in [-0.1, -0.05) is 32.6 Å². The standard InChI is InChI=1S/C32H40N8/c1-7-8-9-31(40-12-10-39(6)11-13-40)26-16-29(36-23(26)5)32-27-17-28(34-20-30(27)37-38-32)24-15-25(19-33-18-24)35-22(4)14-21(2)3/h7-9,15-21,35-36H,4,10-14H2,1-3,5-6H3,(H,37,38)/b8-7-,31-9+. The maximum atomic E-state index is 4.71. The minimum absolute atomic E-state index is 0.535. The number of anilines is 1. The lowest BCUT2D eigenvalue weighted by Crippen LogP contribution is -2.43. The quantitative estimate of drug-likeness (QED) is 0.213. The van der Waals surface area contributed by atoms with Crippen molar-refractivity contribution in [2.24, 2.45) is 5.92 Å². The number of rotatable bonds is 9. The van der Waals surface area contributed by atoms with E-state index >= 15 is 0 Å². The van der Waals surface area contributed by atoms with Crippen molar-refractivity contribution in [1.29, 1.82) is 0 Å². The molecule has 0 bridgehead atoms. The van der Waals surface area contributed by atoms with Gasteiger partial charge in [-0.15, -0.1) is 0 Å². The van der Waals surface area contributed by atoms with Gasteiger partial charge in [0.1, 0.15) is 5.69 Å². The molecule has 1 aliphatic rings. The van der Waals surface area contributed by atoms with Gasteiger partial charge in [-0.2, -0.15) is 5.10 Å². The van der Waals surface area contributed by atoms with Gasteiger partial charge in [0.2, 0.25) is 0 Å². The number of H-pyrrole nitrogens is 2. The van der Waals surface area contributed by atoms with Gasteiger partial charge in [0.25, 0.3) is 0 Å². The molecule has 0 saturated carbocycles. The molecule has 0 radical (unpaired) electrons. The van der Waals surface area contributed by atoms with Gasteiger partial charge in [-0.05, 0) is 57.5 Å². The van der Waals surface area contributed by atoms with Crippen molar-refractivity contribution in [3.63, 3.8) is 0 Å². The molecule has 208 valence electrons. The molecule has 8 heteroatoms. The SMILES string of the molecule is C=C(CC(C)C)Nc1cncc(-c2cc3c(-c4cc(/C(=C\C=C/C)N5CCN(C)CC5)c(C)[nH]4)n[nH]c3cn2)c1. The first-order chi connectivity index (χ1) is 19.3. The minimum atomic E-state index is 0.535. The molecule has 0 unspecified atom stereocenters. The van der Waals surface area contributed by atoms with Gasteiger partial charge in [-0.3, -0.25) is 15.1 Å². The number of piperazine rings is 1. The number of hydrogen-bond acceptors (Lipinski definition) is 6. The molecule has 1 saturated heterocycles. The second kappa shape index (κ2) is 11.9. The van der Waals surface area contributed by atoms with Crippen LogP contribution < -0.4 is 5.32 Å². The number of hydrogen-bond donors (Lipinski definition) is 3. The average Bonchev–Trinajstić information content (AvgIpc) is 3.52. The van der Waals surface area contributed by atoms with Gasteiger partial charge in [0, 0.05) is 66.0 Å². The first kappa shape index (κ1) is 27.4. The molecule has 5 rings (SSSR count). The summed E-state index contributed by atoms with van der Waals surface area (Å²) in [4.78, 5) is 17.6. The molecule has 0 spiro atoms. The monoisotopic (exact) mass is 536 g/mol. The fraction of sp³-hybridized carbons (Fsp3) is 0.344. The van der Waals surface area contributed by atoms with Crippen LogP contribution in [0.4, 0.5) is 5.69 Å². The summed E-state index contributed by atoms with van der Waals surface area (Å²) in [6.07, 6.45) is 12.8. The van der Waals surface area contributed by atoms with E-state index in [4.69, 9.17) is 10.1 Å². The van der Waals surface area contributed by atoms with Crippen molar-refractivity contribution in [2.75, 3.05) is 38.5 Å². The largest absolute Gasteiger partial charge is 0.368 e. The van der Waals surface area contributed by atoms with Crippen LogP contribution in [-0.2, 0) is 0 Å². The molecule has 8 nitrogen and oxygen atoms in total. The maximum Gasteiger partial charge on any atom is 0.116 e. The van der Waals surface area contributed by atoms with E-state index in [1.165, 1.54) is 11.3 Å². The summed E-state index contributed by atoms with van der Waals surface area (Å²) in [5.74, 6) is 0.535. The van der Waals surface area contributed by atoms with Crippen LogP contribution in [0.5, 0.6) is 0 Å². The molecular formula is C32H40N8. The Balaban J connectivity index is 1.47. The number of aromatic nitrogens is 5. The van der Waals surface area contributed by atoms with Crippen molar-refractivity contribution >= 4 is 22.3 Å². The second-order valence-corrected chi connectivity index (χ2v) is 11.1. The van der Waals surface area contributed by atoms with Crippen molar-refractivity contribution in [3.8, 4) is 22.6 Å². The van der Waals surface area contributed by atoms with Crippen molar-refractivity contribution < 1.29 is 0 Å². The fourth-order valence-corrected chi connectivity index (χ4v) is 5.23. The third-order valence-corrected chi connectivity index (χ3v) is 7.29. The van der Waals surface area contributed by atoms with Crippen molar-refractivity contribution in [1.82, 2.24) is 34.9 Å². The van der Waals surface area contributed by atoms with Gasteiger partial charge >= 0.3 is 0 Å². The summed E-state index contributed by atoms with van der Waals surface area (Å²) in [5, 5.41) is 12.3. The van der Waals surface area contributed by atoms with Crippen LogP contribution in [0.1, 0.15) is 38.4 Å². The summed E-state index contributed by atoms with van der Waals surface area (Å²) in [7, 11) is 2.19. The average molecular weight is 537 g/mol. The van der Waals surface area contributed by atoms with Crippen LogP contribution in [0, 0.1) is 12.8 Å². The van der Waals surface area contributed by atoms with Crippen LogP contribution in [0.2, 0.25) is 0 Å². The summed E-state index contributed by atoms with van der Waals surface area (Å²) in [5.41, 5.74) is 9.98. The van der Waals surface area contributed by atoms with E-state index in [0.717, 1.165) is 83.2 Å². The van der Waals surface area contributed by atoms with E-state index in [1.807, 2.05) is 18.6 Å². The van der Waals surface area contributed by atoms with Crippen LogP contribution in [0.15, 0.2) is 67.3 Å². The summed E-state index contributed by atoms with van der Waals surface area (Å²) in [6.45, 7) is 16.8. The van der Waals surface area contributed by atoms with Crippen LogP contribution in [0.3, 0.4) is 0 Å². The predicted molar refractivity (Wildman–Crippen MR) is 166 cm³/mol. The molecule has 4 aromatic rings. The molecule has 0 aromatic carbocycles. The third-order valence-electron chi connectivity index (χ3n) is 7.29. The van der Waals surface area contributed by atoms with E-state index in [9.17, 15) is 0 Å². The highest BCUT2D eigenvalue weighted by atomic mass is 15.3. The highest BCUT2D eigenvalue weighted by Crippen LogP contribution is 2.33. The maximum absolute atomic E-state index is 4.71. The normalized spacial score (nSPS) is 15.1. The zero-order chi connectivity index (χ0) is 28.2. The number of likely N-dealkylation sites (N-methyl/N-ethyl adjacent to an activating group) is 1. The Morgan fingerprint density at radius 2 is 1.93 bits per heavy atom. The molecular weight excluding hydrogens is 496 g/mol. The summed E-state index contributed by atoms with van der Waals surface area (Å²) >= 11 is 0. The number of fused-ring (bicyclic) bond motifs is 1. The third kappa shape index (κ3) is 6.02. The van der Waals surface area contributed by atoms with Crippen molar-refractivity contribution in [3.05, 3.63) is 78.6 Å². The van der Waals surface area contributed by atoms with Crippen molar-refractivity contribution in [2.45, 2.75) is 34.1 Å². The van der Waals surface area contributed by atoms with E-state index in [2.05, 4.69) is 108 Å². The Hall–Kier alpha value is -4.17. The topological polar surface area (TPSA) is 88.8 Å². The Kier molecular flexibility index (Phi) is 8.16.